The largest absolute Gasteiger partial charge is 0.319 e. The molecule has 0 spiro atoms. The summed E-state index contributed by atoms with van der Waals surface area (Å²) in [4.78, 5) is 0. The minimum atomic E-state index is 0.686. The summed E-state index contributed by atoms with van der Waals surface area (Å²) in [6.45, 7) is 9.06. The number of thioether (sulfide) groups is 1. The number of hydrogen-bond acceptors (Lipinski definition) is 3. The molecule has 0 amide bonds. The summed E-state index contributed by atoms with van der Waals surface area (Å²) in [6.07, 6.45) is 3.41. The smallest absolute Gasteiger partial charge is 0.0225 e. The minimum absolute atomic E-state index is 0.686. The Kier molecular flexibility index (Phi) is 7.97. The second kappa shape index (κ2) is 8.05. The van der Waals surface area contributed by atoms with Gasteiger partial charge in [-0.05, 0) is 25.0 Å². The third-order valence-corrected chi connectivity index (χ3v) is 3.96. The van der Waals surface area contributed by atoms with Gasteiger partial charge in [0.05, 0.1) is 0 Å². The summed E-state index contributed by atoms with van der Waals surface area (Å²) in [6, 6.07) is 0. The SMILES string of the molecule is CCSC(C)C(CC)/C(C)=C\N(C)NC. The van der Waals surface area contributed by atoms with E-state index in [0.717, 1.165) is 0 Å². The zero-order chi connectivity index (χ0) is 11.8. The van der Waals surface area contributed by atoms with E-state index in [-0.39, 0.29) is 0 Å². The molecule has 0 aliphatic carbocycles. The lowest BCUT2D eigenvalue weighted by molar-refractivity contribution is 0.357. The molecule has 3 heteroatoms. The molecule has 0 bridgehead atoms. The highest BCUT2D eigenvalue weighted by Gasteiger charge is 2.17. The van der Waals surface area contributed by atoms with E-state index in [1.807, 2.05) is 30.9 Å². The van der Waals surface area contributed by atoms with E-state index < -0.39 is 0 Å². The van der Waals surface area contributed by atoms with Gasteiger partial charge >= 0.3 is 0 Å². The molecule has 0 saturated heterocycles. The zero-order valence-electron chi connectivity index (χ0n) is 11.0. The molecule has 2 nitrogen and oxygen atoms in total. The molecule has 0 heterocycles. The van der Waals surface area contributed by atoms with Crippen LogP contribution in [-0.4, -0.2) is 30.1 Å². The van der Waals surface area contributed by atoms with Crippen molar-refractivity contribution in [1.82, 2.24) is 10.4 Å². The molecule has 0 fully saturated rings. The molecule has 0 aliphatic heterocycles. The Morgan fingerprint density at radius 1 is 1.47 bits per heavy atom. The monoisotopic (exact) mass is 230 g/mol. The normalized spacial score (nSPS) is 16.3. The van der Waals surface area contributed by atoms with Crippen LogP contribution in [0.25, 0.3) is 0 Å². The van der Waals surface area contributed by atoms with Crippen molar-refractivity contribution < 1.29 is 0 Å². The Morgan fingerprint density at radius 2 is 2.07 bits per heavy atom. The zero-order valence-corrected chi connectivity index (χ0v) is 11.8. The van der Waals surface area contributed by atoms with Gasteiger partial charge in [-0.15, -0.1) is 0 Å². The lowest BCUT2D eigenvalue weighted by Crippen LogP contribution is -2.26. The van der Waals surface area contributed by atoms with Gasteiger partial charge in [0.25, 0.3) is 0 Å². The first kappa shape index (κ1) is 14.8. The van der Waals surface area contributed by atoms with Crippen molar-refractivity contribution in [1.29, 1.82) is 0 Å². The molecule has 0 saturated carbocycles. The van der Waals surface area contributed by atoms with Crippen molar-refractivity contribution in [2.45, 2.75) is 39.4 Å². The molecule has 0 rings (SSSR count). The summed E-state index contributed by atoms with van der Waals surface area (Å²) < 4.78 is 0. The van der Waals surface area contributed by atoms with E-state index in [0.29, 0.717) is 11.2 Å². The second-order valence-corrected chi connectivity index (χ2v) is 5.54. The van der Waals surface area contributed by atoms with Gasteiger partial charge in [0, 0.05) is 25.5 Å². The van der Waals surface area contributed by atoms with E-state index in [9.17, 15) is 0 Å². The molecule has 2 atom stereocenters. The molecular formula is C12H26N2S. The Balaban J connectivity index is 4.44. The molecule has 0 aliphatic rings. The highest BCUT2D eigenvalue weighted by atomic mass is 32.2. The third-order valence-electron chi connectivity index (χ3n) is 2.77. The van der Waals surface area contributed by atoms with E-state index >= 15 is 0 Å². The van der Waals surface area contributed by atoms with Crippen LogP contribution in [0.3, 0.4) is 0 Å². The van der Waals surface area contributed by atoms with Crippen LogP contribution in [0.5, 0.6) is 0 Å². The number of hydrazine groups is 1. The van der Waals surface area contributed by atoms with E-state index in [1.54, 1.807) is 0 Å². The van der Waals surface area contributed by atoms with Crippen LogP contribution in [0.2, 0.25) is 0 Å². The Labute approximate surface area is 99.5 Å². The topological polar surface area (TPSA) is 15.3 Å². The first-order valence-corrected chi connectivity index (χ1v) is 6.81. The van der Waals surface area contributed by atoms with Gasteiger partial charge < -0.3 is 5.01 Å². The third kappa shape index (κ3) is 5.47. The average Bonchev–Trinajstić information content (AvgIpc) is 2.19. The summed E-state index contributed by atoms with van der Waals surface area (Å²) in [5.41, 5.74) is 4.56. The van der Waals surface area contributed by atoms with Gasteiger partial charge in [-0.2, -0.15) is 11.8 Å². The van der Waals surface area contributed by atoms with Crippen molar-refractivity contribution in [3.63, 3.8) is 0 Å². The molecule has 0 aromatic heterocycles. The maximum atomic E-state index is 3.10. The summed E-state index contributed by atoms with van der Waals surface area (Å²) in [5, 5.41) is 2.72. The predicted molar refractivity (Wildman–Crippen MR) is 72.0 cm³/mol. The standard InChI is InChI=1S/C12H26N2S/c1-7-12(11(4)15-8-2)10(3)9-14(6)13-5/h9,11-13H,7-8H2,1-6H3/b10-9-. The van der Waals surface area contributed by atoms with E-state index in [1.165, 1.54) is 17.7 Å². The average molecular weight is 230 g/mol. The van der Waals surface area contributed by atoms with Crippen molar-refractivity contribution in [2.75, 3.05) is 19.8 Å². The fourth-order valence-corrected chi connectivity index (χ4v) is 3.03. The maximum Gasteiger partial charge on any atom is 0.0225 e. The number of nitrogens with one attached hydrogen (secondary N) is 1. The molecule has 0 radical (unpaired) electrons. The quantitative estimate of drug-likeness (QED) is 0.677. The predicted octanol–water partition coefficient (Wildman–Crippen LogP) is 3.12. The highest BCUT2D eigenvalue weighted by molar-refractivity contribution is 7.99. The highest BCUT2D eigenvalue weighted by Crippen LogP contribution is 2.27. The fourth-order valence-electron chi connectivity index (χ4n) is 1.87. The van der Waals surface area contributed by atoms with Crippen LogP contribution in [0.1, 0.15) is 34.1 Å². The summed E-state index contributed by atoms with van der Waals surface area (Å²) >= 11 is 2.05. The van der Waals surface area contributed by atoms with Crippen molar-refractivity contribution in [3.8, 4) is 0 Å². The summed E-state index contributed by atoms with van der Waals surface area (Å²) in [5.74, 6) is 1.89. The van der Waals surface area contributed by atoms with Gasteiger partial charge in [-0.25, -0.2) is 5.43 Å². The van der Waals surface area contributed by atoms with Gasteiger partial charge in [0.15, 0.2) is 0 Å². The lowest BCUT2D eigenvalue weighted by atomic mass is 9.95. The van der Waals surface area contributed by atoms with Gasteiger partial charge in [-0.3, -0.25) is 0 Å². The minimum Gasteiger partial charge on any atom is -0.319 e. The van der Waals surface area contributed by atoms with Crippen LogP contribution in [-0.2, 0) is 0 Å². The van der Waals surface area contributed by atoms with Gasteiger partial charge in [0.1, 0.15) is 0 Å². The van der Waals surface area contributed by atoms with Crippen LogP contribution >= 0.6 is 11.8 Å². The van der Waals surface area contributed by atoms with Crippen molar-refractivity contribution in [2.24, 2.45) is 5.92 Å². The van der Waals surface area contributed by atoms with Gasteiger partial charge in [-0.1, -0.05) is 26.3 Å². The molecule has 1 N–H and O–H groups in total. The molecule has 90 valence electrons. The van der Waals surface area contributed by atoms with Crippen molar-refractivity contribution in [3.05, 3.63) is 11.8 Å². The van der Waals surface area contributed by atoms with Crippen LogP contribution < -0.4 is 5.43 Å². The molecule has 15 heavy (non-hydrogen) atoms. The second-order valence-electron chi connectivity index (χ2n) is 3.88. The Bertz CT molecular complexity index is 192. The number of nitrogens with zero attached hydrogens (tertiary/aromatic N) is 1. The van der Waals surface area contributed by atoms with Crippen LogP contribution in [0, 0.1) is 5.92 Å². The number of hydrogen-bond donors (Lipinski definition) is 1. The molecule has 0 aromatic carbocycles. The van der Waals surface area contributed by atoms with Crippen LogP contribution in [0.15, 0.2) is 11.8 Å². The first-order valence-electron chi connectivity index (χ1n) is 5.76. The number of allylic oxidation sites excluding steroid dienone is 1. The molecular weight excluding hydrogens is 204 g/mol. The maximum absolute atomic E-state index is 3.10. The van der Waals surface area contributed by atoms with Gasteiger partial charge in [0.2, 0.25) is 0 Å². The van der Waals surface area contributed by atoms with E-state index in [2.05, 4.69) is 39.3 Å². The Morgan fingerprint density at radius 3 is 2.47 bits per heavy atom. The number of rotatable bonds is 7. The van der Waals surface area contributed by atoms with Crippen LogP contribution in [0.4, 0.5) is 0 Å². The first-order chi connectivity index (χ1) is 7.06. The van der Waals surface area contributed by atoms with Crippen molar-refractivity contribution >= 4 is 11.8 Å². The Hall–Kier alpha value is -0.150. The fraction of sp³-hybridized carbons (Fsp3) is 0.833. The molecule has 2 unspecified atom stereocenters. The lowest BCUT2D eigenvalue weighted by Gasteiger charge is -2.24. The summed E-state index contributed by atoms with van der Waals surface area (Å²) in [7, 11) is 3.98. The van der Waals surface area contributed by atoms with E-state index in [4.69, 9.17) is 0 Å². The molecule has 0 aromatic rings.